The van der Waals surface area contributed by atoms with Crippen LogP contribution in [0.1, 0.15) is 11.1 Å². The molecular formula is C15H21N3O. The summed E-state index contributed by atoms with van der Waals surface area (Å²) in [4.78, 5) is 16.5. The van der Waals surface area contributed by atoms with Crippen LogP contribution in [-0.2, 0) is 17.8 Å². The lowest BCUT2D eigenvalue weighted by Gasteiger charge is -2.32. The highest BCUT2D eigenvalue weighted by atomic mass is 16.2. The van der Waals surface area contributed by atoms with Crippen molar-refractivity contribution in [2.45, 2.75) is 13.0 Å². The minimum Gasteiger partial charge on any atom is -0.339 e. The van der Waals surface area contributed by atoms with Gasteiger partial charge in [-0.05, 0) is 17.5 Å². The van der Waals surface area contributed by atoms with E-state index in [4.69, 9.17) is 0 Å². The lowest BCUT2D eigenvalue weighted by Crippen LogP contribution is -2.50. The molecule has 4 heteroatoms. The topological polar surface area (TPSA) is 35.6 Å². The van der Waals surface area contributed by atoms with Crippen molar-refractivity contribution in [2.24, 2.45) is 0 Å². The van der Waals surface area contributed by atoms with Gasteiger partial charge in [-0.2, -0.15) is 0 Å². The summed E-state index contributed by atoms with van der Waals surface area (Å²) in [5.74, 6) is 0.279. The van der Waals surface area contributed by atoms with E-state index in [0.717, 1.165) is 45.7 Å². The van der Waals surface area contributed by atoms with E-state index in [0.29, 0.717) is 6.54 Å². The molecule has 0 aliphatic carbocycles. The van der Waals surface area contributed by atoms with Gasteiger partial charge in [0.05, 0.1) is 6.54 Å². The largest absolute Gasteiger partial charge is 0.339 e. The molecule has 0 saturated carbocycles. The zero-order valence-corrected chi connectivity index (χ0v) is 11.3. The Morgan fingerprint density at radius 1 is 1.11 bits per heavy atom. The molecule has 1 N–H and O–H groups in total. The Kier molecular flexibility index (Phi) is 3.80. The van der Waals surface area contributed by atoms with Crippen LogP contribution in [0, 0.1) is 0 Å². The van der Waals surface area contributed by atoms with Crippen molar-refractivity contribution < 1.29 is 4.79 Å². The van der Waals surface area contributed by atoms with Gasteiger partial charge in [-0.25, -0.2) is 0 Å². The van der Waals surface area contributed by atoms with E-state index in [1.165, 1.54) is 11.1 Å². The van der Waals surface area contributed by atoms with Crippen molar-refractivity contribution >= 4 is 5.91 Å². The van der Waals surface area contributed by atoms with Crippen molar-refractivity contribution in [1.29, 1.82) is 0 Å². The Hall–Kier alpha value is -1.39. The molecule has 2 heterocycles. The molecule has 0 unspecified atom stereocenters. The zero-order chi connectivity index (χ0) is 13.1. The van der Waals surface area contributed by atoms with E-state index in [1.807, 2.05) is 4.90 Å². The maximum Gasteiger partial charge on any atom is 0.236 e. The molecule has 1 fully saturated rings. The predicted octanol–water partition coefficient (Wildman–Crippen LogP) is 0.476. The molecule has 1 aromatic carbocycles. The van der Waals surface area contributed by atoms with E-state index in [-0.39, 0.29) is 5.91 Å². The number of carbonyl (C=O) groups is 1. The molecule has 4 nitrogen and oxygen atoms in total. The maximum absolute atomic E-state index is 12.2. The molecule has 2 aliphatic heterocycles. The van der Waals surface area contributed by atoms with Gasteiger partial charge >= 0.3 is 0 Å². The Morgan fingerprint density at radius 3 is 2.63 bits per heavy atom. The summed E-state index contributed by atoms with van der Waals surface area (Å²) >= 11 is 0. The maximum atomic E-state index is 12.2. The van der Waals surface area contributed by atoms with Crippen LogP contribution in [0.4, 0.5) is 0 Å². The third-order valence-electron chi connectivity index (χ3n) is 4.04. The molecule has 0 spiro atoms. The smallest absolute Gasteiger partial charge is 0.236 e. The molecule has 1 saturated heterocycles. The second-order valence-electron chi connectivity index (χ2n) is 5.36. The summed E-state index contributed by atoms with van der Waals surface area (Å²) in [6.07, 6.45) is 1.06. The van der Waals surface area contributed by atoms with Gasteiger partial charge in [-0.15, -0.1) is 0 Å². The highest BCUT2D eigenvalue weighted by Gasteiger charge is 2.21. The summed E-state index contributed by atoms with van der Waals surface area (Å²) in [6, 6.07) is 8.56. The molecule has 0 aromatic heterocycles. The van der Waals surface area contributed by atoms with Gasteiger partial charge in [0.25, 0.3) is 0 Å². The van der Waals surface area contributed by atoms with Crippen LogP contribution in [0.25, 0.3) is 0 Å². The SMILES string of the molecule is O=C(CN1CCc2ccccc2C1)N1CCNCC1. The first-order chi connectivity index (χ1) is 9.33. The average molecular weight is 259 g/mol. The number of amides is 1. The number of rotatable bonds is 2. The number of hydrogen-bond acceptors (Lipinski definition) is 3. The van der Waals surface area contributed by atoms with E-state index >= 15 is 0 Å². The van der Waals surface area contributed by atoms with Crippen LogP contribution in [0.15, 0.2) is 24.3 Å². The summed E-state index contributed by atoms with van der Waals surface area (Å²) in [6.45, 7) is 6.02. The normalized spacial score (nSPS) is 20.1. The second-order valence-corrected chi connectivity index (χ2v) is 5.36. The fourth-order valence-corrected chi connectivity index (χ4v) is 2.89. The first-order valence-corrected chi connectivity index (χ1v) is 7.10. The van der Waals surface area contributed by atoms with Crippen molar-refractivity contribution in [3.8, 4) is 0 Å². The average Bonchev–Trinajstić information content (AvgIpc) is 2.48. The van der Waals surface area contributed by atoms with Gasteiger partial charge in [0.15, 0.2) is 0 Å². The standard InChI is InChI=1S/C15H21N3O/c19-15(18-9-6-16-7-10-18)12-17-8-5-13-3-1-2-4-14(13)11-17/h1-4,16H,5-12H2. The van der Waals surface area contributed by atoms with Crippen LogP contribution in [0.2, 0.25) is 0 Å². The Morgan fingerprint density at radius 2 is 1.84 bits per heavy atom. The highest BCUT2D eigenvalue weighted by Crippen LogP contribution is 2.18. The molecule has 102 valence electrons. The van der Waals surface area contributed by atoms with Gasteiger partial charge < -0.3 is 10.2 Å². The molecule has 19 heavy (non-hydrogen) atoms. The van der Waals surface area contributed by atoms with Crippen LogP contribution >= 0.6 is 0 Å². The van der Waals surface area contributed by atoms with E-state index in [2.05, 4.69) is 34.5 Å². The molecule has 1 aromatic rings. The number of carbonyl (C=O) groups excluding carboxylic acids is 1. The lowest BCUT2D eigenvalue weighted by molar-refractivity contribution is -0.133. The van der Waals surface area contributed by atoms with Gasteiger partial charge in [-0.1, -0.05) is 24.3 Å². The second kappa shape index (κ2) is 5.72. The van der Waals surface area contributed by atoms with E-state index < -0.39 is 0 Å². The zero-order valence-electron chi connectivity index (χ0n) is 11.3. The van der Waals surface area contributed by atoms with E-state index in [1.54, 1.807) is 0 Å². The lowest BCUT2D eigenvalue weighted by atomic mass is 10.00. The summed E-state index contributed by atoms with van der Waals surface area (Å²) in [7, 11) is 0. The number of nitrogens with zero attached hydrogens (tertiary/aromatic N) is 2. The highest BCUT2D eigenvalue weighted by molar-refractivity contribution is 5.78. The minimum atomic E-state index is 0.279. The molecule has 1 amide bonds. The molecule has 2 aliphatic rings. The van der Waals surface area contributed by atoms with Gasteiger partial charge in [0.1, 0.15) is 0 Å². The Balaban J connectivity index is 1.58. The predicted molar refractivity (Wildman–Crippen MR) is 74.9 cm³/mol. The molecule has 0 radical (unpaired) electrons. The van der Waals surface area contributed by atoms with Crippen LogP contribution in [0.3, 0.4) is 0 Å². The van der Waals surface area contributed by atoms with Crippen LogP contribution < -0.4 is 5.32 Å². The van der Waals surface area contributed by atoms with Gasteiger partial charge in [0, 0.05) is 39.3 Å². The monoisotopic (exact) mass is 259 g/mol. The molecular weight excluding hydrogens is 238 g/mol. The van der Waals surface area contributed by atoms with Gasteiger partial charge in [0.2, 0.25) is 5.91 Å². The minimum absolute atomic E-state index is 0.279. The number of fused-ring (bicyclic) bond motifs is 1. The number of hydrogen-bond donors (Lipinski definition) is 1. The number of piperazine rings is 1. The van der Waals surface area contributed by atoms with Gasteiger partial charge in [-0.3, -0.25) is 9.69 Å². The summed E-state index contributed by atoms with van der Waals surface area (Å²) in [5.41, 5.74) is 2.82. The quantitative estimate of drug-likeness (QED) is 0.839. The molecule has 0 atom stereocenters. The first-order valence-electron chi connectivity index (χ1n) is 7.10. The number of benzene rings is 1. The molecule has 0 bridgehead atoms. The van der Waals surface area contributed by atoms with E-state index in [9.17, 15) is 4.79 Å². The Labute approximate surface area is 114 Å². The molecule has 3 rings (SSSR count). The third-order valence-corrected chi connectivity index (χ3v) is 4.04. The number of nitrogens with one attached hydrogen (secondary N) is 1. The summed E-state index contributed by atoms with van der Waals surface area (Å²) < 4.78 is 0. The summed E-state index contributed by atoms with van der Waals surface area (Å²) in [5, 5.41) is 3.28. The van der Waals surface area contributed by atoms with Crippen molar-refractivity contribution in [1.82, 2.24) is 15.1 Å². The first kappa shape index (κ1) is 12.6. The van der Waals surface area contributed by atoms with Crippen LogP contribution in [-0.4, -0.2) is 55.0 Å². The third kappa shape index (κ3) is 2.96. The fraction of sp³-hybridized carbons (Fsp3) is 0.533. The van der Waals surface area contributed by atoms with Crippen molar-refractivity contribution in [3.05, 3.63) is 35.4 Å². The van der Waals surface area contributed by atoms with Crippen molar-refractivity contribution in [2.75, 3.05) is 39.3 Å². The van der Waals surface area contributed by atoms with Crippen molar-refractivity contribution in [3.63, 3.8) is 0 Å². The fourth-order valence-electron chi connectivity index (χ4n) is 2.89. The Bertz CT molecular complexity index is 454. The van der Waals surface area contributed by atoms with Crippen LogP contribution in [0.5, 0.6) is 0 Å².